The van der Waals surface area contributed by atoms with E-state index in [1.807, 2.05) is 0 Å². The molecule has 19 heavy (non-hydrogen) atoms. The lowest BCUT2D eigenvalue weighted by atomic mass is 10.2. The summed E-state index contributed by atoms with van der Waals surface area (Å²) in [5.74, 6) is -0.860. The summed E-state index contributed by atoms with van der Waals surface area (Å²) in [5.41, 5.74) is 12.0. The van der Waals surface area contributed by atoms with E-state index in [9.17, 15) is 9.18 Å². The van der Waals surface area contributed by atoms with Crippen LogP contribution in [-0.4, -0.2) is 19.2 Å². The lowest BCUT2D eigenvalue weighted by molar-refractivity contribution is -0.111. The first-order valence-electron chi connectivity index (χ1n) is 5.45. The summed E-state index contributed by atoms with van der Waals surface area (Å²) in [4.78, 5) is 15.4. The standard InChI is InChI=1S/C13H15FN4O/c1-17-8-9(7-15)2-5-13(19)18-12-4-3-10(14)6-11(12)16/h2-8H,15-16H2,1H3,(H,18,19)/b5-2+,9-7?,17-8?. The fourth-order valence-corrected chi connectivity index (χ4v) is 1.28. The third kappa shape index (κ3) is 4.63. The van der Waals surface area contributed by atoms with Gasteiger partial charge in [-0.25, -0.2) is 4.39 Å². The van der Waals surface area contributed by atoms with E-state index in [-0.39, 0.29) is 5.69 Å². The quantitative estimate of drug-likeness (QED) is 0.332. The Bertz CT molecular complexity index is 550. The maximum Gasteiger partial charge on any atom is 0.248 e. The molecule has 6 heteroatoms. The van der Waals surface area contributed by atoms with E-state index in [0.29, 0.717) is 11.3 Å². The maximum atomic E-state index is 12.8. The van der Waals surface area contributed by atoms with Crippen molar-refractivity contribution < 1.29 is 9.18 Å². The number of nitrogens with two attached hydrogens (primary N) is 2. The van der Waals surface area contributed by atoms with Crippen molar-refractivity contribution >= 4 is 23.5 Å². The molecular weight excluding hydrogens is 247 g/mol. The van der Waals surface area contributed by atoms with Gasteiger partial charge >= 0.3 is 0 Å². The van der Waals surface area contributed by atoms with Gasteiger partial charge in [-0.05, 0) is 24.3 Å². The number of rotatable bonds is 4. The van der Waals surface area contributed by atoms with E-state index in [0.717, 1.165) is 6.07 Å². The van der Waals surface area contributed by atoms with Gasteiger partial charge in [0, 0.05) is 31.1 Å². The normalized spacial score (nSPS) is 12.2. The Morgan fingerprint density at radius 2 is 2.16 bits per heavy atom. The number of carbonyl (C=O) groups excluding carboxylic acids is 1. The van der Waals surface area contributed by atoms with Crippen LogP contribution in [0.2, 0.25) is 0 Å². The molecule has 0 aromatic heterocycles. The zero-order valence-electron chi connectivity index (χ0n) is 10.4. The Morgan fingerprint density at radius 1 is 1.42 bits per heavy atom. The number of anilines is 2. The average molecular weight is 262 g/mol. The van der Waals surface area contributed by atoms with Crippen LogP contribution in [0.4, 0.5) is 15.8 Å². The summed E-state index contributed by atoms with van der Waals surface area (Å²) >= 11 is 0. The van der Waals surface area contributed by atoms with Gasteiger partial charge in [0.25, 0.3) is 0 Å². The van der Waals surface area contributed by atoms with Gasteiger partial charge in [-0.2, -0.15) is 0 Å². The fourth-order valence-electron chi connectivity index (χ4n) is 1.28. The predicted molar refractivity (Wildman–Crippen MR) is 75.3 cm³/mol. The Balaban J connectivity index is 2.73. The van der Waals surface area contributed by atoms with Gasteiger partial charge in [-0.1, -0.05) is 0 Å². The van der Waals surface area contributed by atoms with Gasteiger partial charge in [0.05, 0.1) is 11.4 Å². The Hall–Kier alpha value is -2.63. The molecule has 0 spiro atoms. The number of hydrogen-bond acceptors (Lipinski definition) is 4. The summed E-state index contributed by atoms with van der Waals surface area (Å²) in [6, 6.07) is 3.74. The van der Waals surface area contributed by atoms with Crippen molar-refractivity contribution in [2.24, 2.45) is 10.7 Å². The van der Waals surface area contributed by atoms with E-state index in [2.05, 4.69) is 10.3 Å². The number of hydrogen-bond donors (Lipinski definition) is 3. The number of nitrogens with one attached hydrogen (secondary N) is 1. The minimum absolute atomic E-state index is 0.159. The molecule has 0 saturated heterocycles. The molecule has 100 valence electrons. The van der Waals surface area contributed by atoms with Gasteiger partial charge in [-0.15, -0.1) is 0 Å². The van der Waals surface area contributed by atoms with Crippen LogP contribution in [0.25, 0.3) is 0 Å². The highest BCUT2D eigenvalue weighted by molar-refractivity contribution is 6.02. The smallest absolute Gasteiger partial charge is 0.248 e. The summed E-state index contributed by atoms with van der Waals surface area (Å²) in [5, 5.41) is 2.53. The molecule has 0 aliphatic rings. The Kier molecular flexibility index (Phi) is 5.28. The molecule has 0 aliphatic heterocycles. The zero-order valence-corrected chi connectivity index (χ0v) is 10.4. The van der Waals surface area contributed by atoms with Crippen LogP contribution in [-0.2, 0) is 4.79 Å². The molecule has 0 fully saturated rings. The van der Waals surface area contributed by atoms with Crippen molar-refractivity contribution in [1.29, 1.82) is 0 Å². The lowest BCUT2D eigenvalue weighted by Crippen LogP contribution is -2.10. The molecule has 0 unspecified atom stereocenters. The van der Waals surface area contributed by atoms with E-state index < -0.39 is 11.7 Å². The third-order valence-corrected chi connectivity index (χ3v) is 2.17. The van der Waals surface area contributed by atoms with Crippen molar-refractivity contribution in [3.63, 3.8) is 0 Å². The Morgan fingerprint density at radius 3 is 2.74 bits per heavy atom. The number of nitrogen functional groups attached to an aromatic ring is 1. The number of benzene rings is 1. The Labute approximate surface area is 110 Å². The number of nitrogens with zero attached hydrogens (tertiary/aromatic N) is 1. The molecule has 5 N–H and O–H groups in total. The molecule has 0 aliphatic carbocycles. The second-order valence-corrected chi connectivity index (χ2v) is 3.61. The highest BCUT2D eigenvalue weighted by Gasteiger charge is 2.03. The summed E-state index contributed by atoms with van der Waals surface area (Å²) in [6.07, 6.45) is 5.62. The fraction of sp³-hybridized carbons (Fsp3) is 0.0769. The highest BCUT2D eigenvalue weighted by Crippen LogP contribution is 2.18. The number of halogens is 1. The molecule has 1 rings (SSSR count). The molecule has 0 bridgehead atoms. The van der Waals surface area contributed by atoms with Crippen molar-refractivity contribution in [2.75, 3.05) is 18.1 Å². The minimum Gasteiger partial charge on any atom is -0.404 e. The van der Waals surface area contributed by atoms with E-state index in [1.54, 1.807) is 7.05 Å². The summed E-state index contributed by atoms with van der Waals surface area (Å²) in [7, 11) is 1.59. The first-order valence-corrected chi connectivity index (χ1v) is 5.45. The molecule has 0 atom stereocenters. The van der Waals surface area contributed by atoms with E-state index in [4.69, 9.17) is 11.5 Å². The second-order valence-electron chi connectivity index (χ2n) is 3.61. The first-order chi connectivity index (χ1) is 9.06. The van der Waals surface area contributed by atoms with Crippen LogP contribution in [0.15, 0.2) is 47.1 Å². The van der Waals surface area contributed by atoms with Crippen molar-refractivity contribution in [3.8, 4) is 0 Å². The van der Waals surface area contributed by atoms with Gasteiger partial charge in [-0.3, -0.25) is 9.79 Å². The molecule has 5 nitrogen and oxygen atoms in total. The van der Waals surface area contributed by atoms with Gasteiger partial charge in [0.1, 0.15) is 5.82 Å². The van der Waals surface area contributed by atoms with Gasteiger partial charge in [0.2, 0.25) is 5.91 Å². The molecule has 1 amide bonds. The van der Waals surface area contributed by atoms with Crippen molar-refractivity contribution in [3.05, 3.63) is 47.9 Å². The van der Waals surface area contributed by atoms with Crippen LogP contribution in [0.5, 0.6) is 0 Å². The molecule has 1 aromatic rings. The van der Waals surface area contributed by atoms with E-state index >= 15 is 0 Å². The van der Waals surface area contributed by atoms with Gasteiger partial charge < -0.3 is 16.8 Å². The third-order valence-electron chi connectivity index (χ3n) is 2.17. The minimum atomic E-state index is -0.460. The molecule has 0 radical (unpaired) electrons. The lowest BCUT2D eigenvalue weighted by Gasteiger charge is -2.05. The predicted octanol–water partition coefficient (Wildman–Crippen LogP) is 1.45. The van der Waals surface area contributed by atoms with Gasteiger partial charge in [0.15, 0.2) is 0 Å². The van der Waals surface area contributed by atoms with Crippen LogP contribution in [0, 0.1) is 5.82 Å². The van der Waals surface area contributed by atoms with Crippen molar-refractivity contribution in [2.45, 2.75) is 0 Å². The van der Waals surface area contributed by atoms with Crippen LogP contribution >= 0.6 is 0 Å². The number of aliphatic imine (C=N–C) groups is 1. The summed E-state index contributed by atoms with van der Waals surface area (Å²) < 4.78 is 12.8. The number of carbonyl (C=O) groups is 1. The second kappa shape index (κ2) is 6.95. The van der Waals surface area contributed by atoms with E-state index in [1.165, 1.54) is 36.7 Å². The molecular formula is C13H15FN4O. The van der Waals surface area contributed by atoms with Crippen molar-refractivity contribution in [1.82, 2.24) is 0 Å². The maximum absolute atomic E-state index is 12.8. The number of amides is 1. The van der Waals surface area contributed by atoms with Crippen LogP contribution in [0.3, 0.4) is 0 Å². The topological polar surface area (TPSA) is 93.5 Å². The molecule has 0 saturated carbocycles. The SMILES string of the molecule is CN=CC(=CN)/C=C/C(=O)Nc1ccc(F)cc1N. The first kappa shape index (κ1) is 14.4. The zero-order chi connectivity index (χ0) is 14.3. The molecule has 0 heterocycles. The highest BCUT2D eigenvalue weighted by atomic mass is 19.1. The molecule has 1 aromatic carbocycles. The largest absolute Gasteiger partial charge is 0.404 e. The van der Waals surface area contributed by atoms with Crippen LogP contribution in [0.1, 0.15) is 0 Å². The van der Waals surface area contributed by atoms with Crippen LogP contribution < -0.4 is 16.8 Å². The monoisotopic (exact) mass is 262 g/mol. The number of allylic oxidation sites excluding steroid dienone is 2. The average Bonchev–Trinajstić information content (AvgIpc) is 2.38. The summed E-state index contributed by atoms with van der Waals surface area (Å²) in [6.45, 7) is 0.